The van der Waals surface area contributed by atoms with Crippen molar-refractivity contribution in [2.24, 2.45) is 0 Å². The van der Waals surface area contributed by atoms with Crippen LogP contribution < -0.4 is 4.74 Å². The van der Waals surface area contributed by atoms with Crippen LogP contribution in [0.3, 0.4) is 0 Å². The lowest BCUT2D eigenvalue weighted by Crippen LogP contribution is -2.19. The van der Waals surface area contributed by atoms with Crippen molar-refractivity contribution < 1.29 is 25.8 Å². The van der Waals surface area contributed by atoms with Crippen LogP contribution in [0.1, 0.15) is 6.42 Å². The summed E-state index contributed by atoms with van der Waals surface area (Å²) >= 11 is 0. The van der Waals surface area contributed by atoms with Crippen LogP contribution in [0.5, 0.6) is 5.75 Å². The van der Waals surface area contributed by atoms with Crippen molar-refractivity contribution in [1.29, 1.82) is 0 Å². The zero-order chi connectivity index (χ0) is 14.1. The van der Waals surface area contributed by atoms with Gasteiger partial charge in [0.25, 0.3) is 10.1 Å². The molecule has 1 fully saturated rings. The molecule has 19 heavy (non-hydrogen) atoms. The maximum Gasteiger partial charge on any atom is 0.297 e. The van der Waals surface area contributed by atoms with E-state index in [1.165, 1.54) is 31.4 Å². The summed E-state index contributed by atoms with van der Waals surface area (Å²) in [6, 6.07) is 5.72. The van der Waals surface area contributed by atoms with Crippen LogP contribution in [0.2, 0.25) is 0 Å². The van der Waals surface area contributed by atoms with Gasteiger partial charge < -0.3 is 4.74 Å². The molecule has 1 aromatic rings. The lowest BCUT2D eigenvalue weighted by Gasteiger charge is -2.10. The number of ether oxygens (including phenoxy) is 1. The third-order valence-corrected chi connectivity index (χ3v) is 5.91. The fourth-order valence-electron chi connectivity index (χ4n) is 1.81. The van der Waals surface area contributed by atoms with Gasteiger partial charge in [-0.2, -0.15) is 8.42 Å². The van der Waals surface area contributed by atoms with Crippen LogP contribution in [-0.2, 0) is 24.1 Å². The SMILES string of the molecule is COc1ccc(S(=O)(=O)OC2CCS(=O)(=O)C2)cc1. The first-order chi connectivity index (χ1) is 8.82. The first kappa shape index (κ1) is 14.3. The van der Waals surface area contributed by atoms with E-state index in [9.17, 15) is 16.8 Å². The van der Waals surface area contributed by atoms with E-state index in [4.69, 9.17) is 8.92 Å². The zero-order valence-corrected chi connectivity index (χ0v) is 11.9. The van der Waals surface area contributed by atoms with Crippen LogP contribution in [0, 0.1) is 0 Å². The number of hydrogen-bond donors (Lipinski definition) is 0. The lowest BCUT2D eigenvalue weighted by atomic mass is 10.3. The number of benzene rings is 1. The average molecular weight is 306 g/mol. The van der Waals surface area contributed by atoms with Crippen molar-refractivity contribution in [1.82, 2.24) is 0 Å². The van der Waals surface area contributed by atoms with Gasteiger partial charge in [0, 0.05) is 0 Å². The summed E-state index contributed by atoms with van der Waals surface area (Å²) in [5, 5.41) is 0. The van der Waals surface area contributed by atoms with Crippen LogP contribution >= 0.6 is 0 Å². The van der Waals surface area contributed by atoms with E-state index >= 15 is 0 Å². The Kier molecular flexibility index (Phi) is 3.84. The summed E-state index contributed by atoms with van der Waals surface area (Å²) in [5.74, 6) is 0.250. The molecule has 2 rings (SSSR count). The van der Waals surface area contributed by atoms with E-state index in [1.807, 2.05) is 0 Å². The molecule has 1 aromatic carbocycles. The highest BCUT2D eigenvalue weighted by molar-refractivity contribution is 7.91. The summed E-state index contributed by atoms with van der Waals surface area (Å²) in [6.07, 6.45) is -0.588. The van der Waals surface area contributed by atoms with Crippen LogP contribution in [0.25, 0.3) is 0 Å². The smallest absolute Gasteiger partial charge is 0.297 e. The molecule has 106 valence electrons. The van der Waals surface area contributed by atoms with Crippen molar-refractivity contribution in [2.45, 2.75) is 17.4 Å². The van der Waals surface area contributed by atoms with E-state index in [-0.39, 0.29) is 22.8 Å². The van der Waals surface area contributed by atoms with Crippen LogP contribution in [0.15, 0.2) is 29.2 Å². The van der Waals surface area contributed by atoms with Crippen molar-refractivity contribution >= 4 is 20.0 Å². The first-order valence-corrected chi connectivity index (χ1v) is 8.83. The molecule has 0 aliphatic carbocycles. The predicted molar refractivity (Wildman–Crippen MR) is 68.3 cm³/mol. The molecular formula is C11H14O6S2. The minimum absolute atomic E-state index is 0.0161. The number of hydrogen-bond acceptors (Lipinski definition) is 6. The van der Waals surface area contributed by atoms with Gasteiger partial charge in [0.05, 0.1) is 29.6 Å². The molecule has 8 heteroatoms. The Hall–Kier alpha value is -1.12. The quantitative estimate of drug-likeness (QED) is 0.757. The molecule has 1 saturated heterocycles. The van der Waals surface area contributed by atoms with E-state index in [0.717, 1.165) is 0 Å². The van der Waals surface area contributed by atoms with Gasteiger partial charge in [-0.1, -0.05) is 0 Å². The van der Waals surface area contributed by atoms with Crippen LogP contribution in [-0.4, -0.2) is 41.6 Å². The van der Waals surface area contributed by atoms with E-state index in [0.29, 0.717) is 5.75 Å². The van der Waals surface area contributed by atoms with E-state index < -0.39 is 26.1 Å². The molecule has 1 heterocycles. The molecule has 6 nitrogen and oxygen atoms in total. The summed E-state index contributed by atoms with van der Waals surface area (Å²) < 4.78 is 56.3. The molecule has 0 spiro atoms. The number of rotatable bonds is 4. The topological polar surface area (TPSA) is 86.7 Å². The van der Waals surface area contributed by atoms with Crippen molar-refractivity contribution in [2.75, 3.05) is 18.6 Å². The van der Waals surface area contributed by atoms with Crippen LogP contribution in [0.4, 0.5) is 0 Å². The second-order valence-electron chi connectivity index (χ2n) is 4.25. The Morgan fingerprint density at radius 3 is 2.32 bits per heavy atom. The van der Waals surface area contributed by atoms with E-state index in [2.05, 4.69) is 0 Å². The van der Waals surface area contributed by atoms with Gasteiger partial charge in [0.2, 0.25) is 0 Å². The molecule has 1 unspecified atom stereocenters. The highest BCUT2D eigenvalue weighted by atomic mass is 32.2. The molecule has 0 aromatic heterocycles. The normalized spacial score (nSPS) is 22.3. The number of methoxy groups -OCH3 is 1. The monoisotopic (exact) mass is 306 g/mol. The lowest BCUT2D eigenvalue weighted by molar-refractivity contribution is 0.236. The van der Waals surface area contributed by atoms with Gasteiger partial charge in [-0.15, -0.1) is 0 Å². The Balaban J connectivity index is 2.14. The molecule has 0 N–H and O–H groups in total. The molecule has 0 radical (unpaired) electrons. The summed E-state index contributed by atoms with van der Waals surface area (Å²) in [5.41, 5.74) is 0. The largest absolute Gasteiger partial charge is 0.497 e. The maximum absolute atomic E-state index is 11.9. The minimum Gasteiger partial charge on any atom is -0.497 e. The van der Waals surface area contributed by atoms with Gasteiger partial charge in [-0.25, -0.2) is 8.42 Å². The summed E-state index contributed by atoms with van der Waals surface area (Å²) in [6.45, 7) is 0. The molecule has 0 saturated carbocycles. The highest BCUT2D eigenvalue weighted by Gasteiger charge is 2.32. The van der Waals surface area contributed by atoms with Gasteiger partial charge in [0.1, 0.15) is 5.75 Å². The maximum atomic E-state index is 11.9. The molecule has 1 aliphatic rings. The Labute approximate surface area is 112 Å². The fourth-order valence-corrected chi connectivity index (χ4v) is 4.59. The van der Waals surface area contributed by atoms with Crippen molar-refractivity contribution in [3.8, 4) is 5.75 Å². The van der Waals surface area contributed by atoms with Gasteiger partial charge >= 0.3 is 0 Å². The van der Waals surface area contributed by atoms with E-state index in [1.54, 1.807) is 0 Å². The Morgan fingerprint density at radius 1 is 1.21 bits per heavy atom. The number of sulfone groups is 1. The standard InChI is InChI=1S/C11H14O6S2/c1-16-9-2-4-11(5-3-9)19(14,15)17-10-6-7-18(12,13)8-10/h2-5,10H,6-8H2,1H3. The molecule has 1 aliphatic heterocycles. The highest BCUT2D eigenvalue weighted by Crippen LogP contribution is 2.22. The molecule has 0 amide bonds. The summed E-state index contributed by atoms with van der Waals surface area (Å²) in [7, 11) is -5.63. The minimum atomic E-state index is -3.94. The van der Waals surface area contributed by atoms with Gasteiger partial charge in [0.15, 0.2) is 9.84 Å². The van der Waals surface area contributed by atoms with Gasteiger partial charge in [-0.05, 0) is 30.7 Å². The Morgan fingerprint density at radius 2 is 1.84 bits per heavy atom. The second kappa shape index (κ2) is 5.10. The average Bonchev–Trinajstić information content (AvgIpc) is 2.68. The van der Waals surface area contributed by atoms with Gasteiger partial charge in [-0.3, -0.25) is 4.18 Å². The third-order valence-electron chi connectivity index (χ3n) is 2.80. The summed E-state index contributed by atoms with van der Waals surface area (Å²) in [4.78, 5) is -0.0161. The molecular weight excluding hydrogens is 292 g/mol. The molecule has 1 atom stereocenters. The molecule has 0 bridgehead atoms. The predicted octanol–water partition coefficient (Wildman–Crippen LogP) is 0.588. The van der Waals surface area contributed by atoms with Crippen molar-refractivity contribution in [3.05, 3.63) is 24.3 Å². The third kappa shape index (κ3) is 3.46. The fraction of sp³-hybridized carbons (Fsp3) is 0.455. The van der Waals surface area contributed by atoms with Crippen molar-refractivity contribution in [3.63, 3.8) is 0 Å². The Bertz CT molecular complexity index is 645. The first-order valence-electron chi connectivity index (χ1n) is 5.60. The zero-order valence-electron chi connectivity index (χ0n) is 10.3. The second-order valence-corrected chi connectivity index (χ2v) is 8.05.